The van der Waals surface area contributed by atoms with E-state index in [1.54, 1.807) is 0 Å². The average molecular weight is 276 g/mol. The van der Waals surface area contributed by atoms with Crippen molar-refractivity contribution in [3.05, 3.63) is 11.9 Å². The van der Waals surface area contributed by atoms with Gasteiger partial charge in [0.2, 0.25) is 0 Å². The molecule has 1 fully saturated rings. The summed E-state index contributed by atoms with van der Waals surface area (Å²) in [4.78, 5) is 13.9. The molecule has 4 nitrogen and oxygen atoms in total. The van der Waals surface area contributed by atoms with E-state index in [9.17, 15) is 0 Å². The maximum atomic E-state index is 4.63. The molecule has 0 radical (unpaired) electrons. The number of hydrogen-bond donors (Lipinski definition) is 0. The third-order valence-electron chi connectivity index (χ3n) is 4.16. The third kappa shape index (κ3) is 3.84. The van der Waals surface area contributed by atoms with E-state index in [1.165, 1.54) is 25.7 Å². The lowest BCUT2D eigenvalue weighted by Crippen LogP contribution is -2.34. The van der Waals surface area contributed by atoms with Crippen LogP contribution in [0.2, 0.25) is 0 Å². The Bertz CT molecular complexity index is 424. The molecule has 112 valence electrons. The first-order chi connectivity index (χ1) is 9.60. The summed E-state index contributed by atoms with van der Waals surface area (Å²) < 4.78 is 0. The van der Waals surface area contributed by atoms with E-state index in [2.05, 4.69) is 46.7 Å². The highest BCUT2D eigenvalue weighted by Gasteiger charge is 2.18. The number of aromatic nitrogens is 2. The fourth-order valence-electron chi connectivity index (χ4n) is 2.64. The van der Waals surface area contributed by atoms with Gasteiger partial charge in [-0.3, -0.25) is 0 Å². The zero-order valence-electron chi connectivity index (χ0n) is 13.4. The summed E-state index contributed by atoms with van der Waals surface area (Å²) in [6.07, 6.45) is 4.95. The van der Waals surface area contributed by atoms with Gasteiger partial charge >= 0.3 is 0 Å². The predicted octanol–water partition coefficient (Wildman–Crippen LogP) is 3.26. The minimum atomic E-state index is 0.848. The van der Waals surface area contributed by atoms with Crippen molar-refractivity contribution in [2.75, 3.05) is 36.5 Å². The summed E-state index contributed by atoms with van der Waals surface area (Å²) in [5, 5.41) is 0. The molecule has 0 aliphatic carbocycles. The van der Waals surface area contributed by atoms with E-state index < -0.39 is 0 Å². The summed E-state index contributed by atoms with van der Waals surface area (Å²) in [5.41, 5.74) is 0. The fourth-order valence-corrected chi connectivity index (χ4v) is 2.64. The first-order valence-corrected chi connectivity index (χ1v) is 7.92. The molecule has 0 aromatic carbocycles. The number of hydrogen-bond acceptors (Lipinski definition) is 4. The van der Waals surface area contributed by atoms with Gasteiger partial charge in [0, 0.05) is 32.7 Å². The van der Waals surface area contributed by atoms with Crippen molar-refractivity contribution >= 4 is 11.6 Å². The van der Waals surface area contributed by atoms with E-state index in [4.69, 9.17) is 0 Å². The second-order valence-corrected chi connectivity index (χ2v) is 6.08. The van der Waals surface area contributed by atoms with E-state index >= 15 is 0 Å². The third-order valence-corrected chi connectivity index (χ3v) is 4.16. The molecule has 20 heavy (non-hydrogen) atoms. The lowest BCUT2D eigenvalue weighted by atomic mass is 9.99. The molecule has 2 rings (SSSR count). The Morgan fingerprint density at radius 3 is 2.65 bits per heavy atom. The number of aryl methyl sites for hydroxylation is 1. The van der Waals surface area contributed by atoms with Crippen LogP contribution in [0, 0.1) is 12.8 Å². The molecule has 1 aromatic heterocycles. The van der Waals surface area contributed by atoms with Gasteiger partial charge in [-0.2, -0.15) is 0 Å². The van der Waals surface area contributed by atoms with Crippen molar-refractivity contribution in [3.63, 3.8) is 0 Å². The molecule has 0 N–H and O–H groups in total. The van der Waals surface area contributed by atoms with Crippen molar-refractivity contribution in [1.29, 1.82) is 0 Å². The summed E-state index contributed by atoms with van der Waals surface area (Å²) in [7, 11) is 2.12. The van der Waals surface area contributed by atoms with Crippen LogP contribution in [0.4, 0.5) is 11.6 Å². The first kappa shape index (κ1) is 15.1. The van der Waals surface area contributed by atoms with Crippen LogP contribution in [0.3, 0.4) is 0 Å². The minimum Gasteiger partial charge on any atom is -0.360 e. The Morgan fingerprint density at radius 1 is 1.30 bits per heavy atom. The van der Waals surface area contributed by atoms with Gasteiger partial charge < -0.3 is 9.80 Å². The van der Waals surface area contributed by atoms with Crippen LogP contribution in [-0.4, -0.2) is 36.6 Å². The molecule has 0 unspecified atom stereocenters. The summed E-state index contributed by atoms with van der Waals surface area (Å²) in [5.74, 6) is 3.88. The van der Waals surface area contributed by atoms with Crippen molar-refractivity contribution in [1.82, 2.24) is 9.97 Å². The lowest BCUT2D eigenvalue weighted by molar-refractivity contribution is 0.436. The molecule has 1 aliphatic heterocycles. The van der Waals surface area contributed by atoms with E-state index in [-0.39, 0.29) is 0 Å². The van der Waals surface area contributed by atoms with Crippen LogP contribution in [0.15, 0.2) is 6.07 Å². The molecule has 0 saturated carbocycles. The van der Waals surface area contributed by atoms with Crippen LogP contribution in [0.5, 0.6) is 0 Å². The van der Waals surface area contributed by atoms with Gasteiger partial charge in [0.1, 0.15) is 17.5 Å². The highest BCUT2D eigenvalue weighted by molar-refractivity contribution is 5.50. The molecule has 0 amide bonds. The predicted molar refractivity (Wildman–Crippen MR) is 85.6 cm³/mol. The monoisotopic (exact) mass is 276 g/mol. The van der Waals surface area contributed by atoms with E-state index in [0.29, 0.717) is 0 Å². The molecule has 1 saturated heterocycles. The van der Waals surface area contributed by atoms with Crippen LogP contribution in [0.1, 0.15) is 45.4 Å². The Balaban J connectivity index is 2.11. The normalized spacial score (nSPS) is 16.5. The Labute approximate surface area is 123 Å². The molecule has 4 heteroatoms. The quantitative estimate of drug-likeness (QED) is 0.826. The fraction of sp³-hybridized carbons (Fsp3) is 0.750. The van der Waals surface area contributed by atoms with Gasteiger partial charge in [-0.05, 0) is 32.1 Å². The molecule has 0 bridgehead atoms. The summed E-state index contributed by atoms with van der Waals surface area (Å²) >= 11 is 0. The van der Waals surface area contributed by atoms with Crippen LogP contribution < -0.4 is 9.80 Å². The second kappa shape index (κ2) is 6.91. The van der Waals surface area contributed by atoms with Crippen LogP contribution in [-0.2, 0) is 0 Å². The first-order valence-electron chi connectivity index (χ1n) is 7.92. The number of anilines is 2. The highest BCUT2D eigenvalue weighted by Crippen LogP contribution is 2.24. The molecule has 1 aromatic rings. The van der Waals surface area contributed by atoms with Crippen molar-refractivity contribution in [2.45, 2.75) is 46.5 Å². The smallest absolute Gasteiger partial charge is 0.134 e. The maximum absolute atomic E-state index is 4.63. The van der Waals surface area contributed by atoms with Gasteiger partial charge in [-0.25, -0.2) is 9.97 Å². The SMILES string of the molecule is CCCCN(C)c1cc(N2CCC(C)CC2)nc(C)n1. The number of unbranched alkanes of at least 4 members (excludes halogenated alkanes) is 1. The van der Waals surface area contributed by atoms with E-state index in [0.717, 1.165) is 43.0 Å². The van der Waals surface area contributed by atoms with Gasteiger partial charge in [0.15, 0.2) is 0 Å². The van der Waals surface area contributed by atoms with Crippen molar-refractivity contribution < 1.29 is 0 Å². The van der Waals surface area contributed by atoms with Gasteiger partial charge in [-0.15, -0.1) is 0 Å². The van der Waals surface area contributed by atoms with Crippen LogP contribution >= 0.6 is 0 Å². The van der Waals surface area contributed by atoms with Crippen LogP contribution in [0.25, 0.3) is 0 Å². The van der Waals surface area contributed by atoms with Crippen molar-refractivity contribution in [2.24, 2.45) is 5.92 Å². The zero-order valence-corrected chi connectivity index (χ0v) is 13.4. The van der Waals surface area contributed by atoms with Gasteiger partial charge in [0.05, 0.1) is 0 Å². The largest absolute Gasteiger partial charge is 0.360 e. The molecule has 2 heterocycles. The van der Waals surface area contributed by atoms with Gasteiger partial charge in [-0.1, -0.05) is 20.3 Å². The molecule has 0 spiro atoms. The number of piperidine rings is 1. The molecular weight excluding hydrogens is 248 g/mol. The number of nitrogens with zero attached hydrogens (tertiary/aromatic N) is 4. The molecular formula is C16H28N4. The average Bonchev–Trinajstić information content (AvgIpc) is 2.44. The Hall–Kier alpha value is -1.32. The van der Waals surface area contributed by atoms with Gasteiger partial charge in [0.25, 0.3) is 0 Å². The molecule has 0 atom stereocenters. The Morgan fingerprint density at radius 2 is 2.00 bits per heavy atom. The standard InChI is InChI=1S/C16H28N4/c1-5-6-9-19(4)15-12-16(18-14(3)17-15)20-10-7-13(2)8-11-20/h12-13H,5-11H2,1-4H3. The topological polar surface area (TPSA) is 32.3 Å². The lowest BCUT2D eigenvalue weighted by Gasteiger charge is -2.32. The minimum absolute atomic E-state index is 0.848. The second-order valence-electron chi connectivity index (χ2n) is 6.08. The molecule has 1 aliphatic rings. The highest BCUT2D eigenvalue weighted by atomic mass is 15.2. The Kier molecular flexibility index (Phi) is 5.21. The maximum Gasteiger partial charge on any atom is 0.134 e. The zero-order chi connectivity index (χ0) is 14.5. The number of rotatable bonds is 5. The van der Waals surface area contributed by atoms with E-state index in [1.807, 2.05) is 6.92 Å². The van der Waals surface area contributed by atoms with Crippen molar-refractivity contribution in [3.8, 4) is 0 Å². The summed E-state index contributed by atoms with van der Waals surface area (Å²) in [6, 6.07) is 2.15. The summed E-state index contributed by atoms with van der Waals surface area (Å²) in [6.45, 7) is 9.86.